The van der Waals surface area contributed by atoms with E-state index in [0.29, 0.717) is 24.6 Å². The van der Waals surface area contributed by atoms with Gasteiger partial charge in [-0.05, 0) is 17.7 Å². The first-order valence-electron chi connectivity index (χ1n) is 7.81. The highest BCUT2D eigenvalue weighted by molar-refractivity contribution is 5.92. The van der Waals surface area contributed by atoms with E-state index < -0.39 is 0 Å². The quantitative estimate of drug-likeness (QED) is 0.758. The Morgan fingerprint density at radius 3 is 2.79 bits per heavy atom. The van der Waals surface area contributed by atoms with Gasteiger partial charge in [0.1, 0.15) is 11.5 Å². The number of nitrogens with zero attached hydrogens (tertiary/aromatic N) is 3. The summed E-state index contributed by atoms with van der Waals surface area (Å²) in [5.41, 5.74) is 9.18. The number of nitrogens with two attached hydrogens (primary N) is 1. The smallest absolute Gasteiger partial charge is 0.272 e. The van der Waals surface area contributed by atoms with E-state index in [0.717, 1.165) is 17.0 Å². The molecule has 6 nitrogen and oxygen atoms in total. The van der Waals surface area contributed by atoms with E-state index in [1.165, 1.54) is 0 Å². The van der Waals surface area contributed by atoms with Crippen LogP contribution in [0.4, 0.5) is 5.82 Å². The van der Waals surface area contributed by atoms with E-state index in [2.05, 4.69) is 27.1 Å². The summed E-state index contributed by atoms with van der Waals surface area (Å²) in [5.74, 6) is 0.273. The summed E-state index contributed by atoms with van der Waals surface area (Å²) >= 11 is 0. The van der Waals surface area contributed by atoms with Crippen molar-refractivity contribution in [2.75, 3.05) is 12.3 Å². The van der Waals surface area contributed by atoms with Crippen LogP contribution < -0.4 is 5.73 Å². The minimum atomic E-state index is -0.122. The van der Waals surface area contributed by atoms with E-state index in [9.17, 15) is 4.79 Å². The lowest BCUT2D eigenvalue weighted by atomic mass is 9.91. The molecule has 3 heterocycles. The number of hydrogen-bond acceptors (Lipinski definition) is 4. The highest BCUT2D eigenvalue weighted by Crippen LogP contribution is 2.31. The van der Waals surface area contributed by atoms with Gasteiger partial charge in [0.2, 0.25) is 0 Å². The highest BCUT2D eigenvalue weighted by atomic mass is 16.2. The van der Waals surface area contributed by atoms with Gasteiger partial charge < -0.3 is 15.6 Å². The molecule has 0 spiro atoms. The maximum Gasteiger partial charge on any atom is 0.272 e. The van der Waals surface area contributed by atoms with Crippen LogP contribution in [0.3, 0.4) is 0 Å². The molecular weight excluding hydrogens is 302 g/mol. The van der Waals surface area contributed by atoms with Crippen LogP contribution in [0.15, 0.2) is 54.9 Å². The fourth-order valence-corrected chi connectivity index (χ4v) is 3.16. The molecule has 0 saturated heterocycles. The van der Waals surface area contributed by atoms with Crippen molar-refractivity contribution in [2.45, 2.75) is 12.5 Å². The van der Waals surface area contributed by atoms with Crippen molar-refractivity contribution >= 4 is 11.7 Å². The third-order valence-electron chi connectivity index (χ3n) is 4.31. The van der Waals surface area contributed by atoms with Crippen LogP contribution in [0.1, 0.15) is 33.4 Å². The molecule has 0 fully saturated rings. The lowest BCUT2D eigenvalue weighted by molar-refractivity contribution is 0.0716. The lowest BCUT2D eigenvalue weighted by Gasteiger charge is -2.32. The van der Waals surface area contributed by atoms with Gasteiger partial charge in [-0.15, -0.1) is 0 Å². The Bertz CT molecular complexity index is 874. The van der Waals surface area contributed by atoms with Crippen molar-refractivity contribution in [1.82, 2.24) is 19.9 Å². The van der Waals surface area contributed by atoms with Gasteiger partial charge in [-0.1, -0.05) is 36.4 Å². The molecule has 3 N–H and O–H groups in total. The molecule has 3 aromatic rings. The maximum atomic E-state index is 12.8. The maximum absolute atomic E-state index is 12.8. The standard InChI is InChI=1S/C18H17N5O/c19-16-8-4-7-14(22-16)18(24)23-9-13(12-5-2-1-3-6-12)17-15(10-23)20-11-21-17/h1-8,11,13H,9-10H2,(H2,19,22)(H,20,21). The Hall–Kier alpha value is -3.15. The molecular formula is C18H17N5O. The van der Waals surface area contributed by atoms with Crippen molar-refractivity contribution in [2.24, 2.45) is 0 Å². The molecule has 0 bridgehead atoms. The van der Waals surface area contributed by atoms with Crippen molar-refractivity contribution in [3.63, 3.8) is 0 Å². The Balaban J connectivity index is 1.69. The van der Waals surface area contributed by atoms with Crippen molar-refractivity contribution in [1.29, 1.82) is 0 Å². The lowest BCUT2D eigenvalue weighted by Crippen LogP contribution is -2.39. The van der Waals surface area contributed by atoms with Gasteiger partial charge in [0, 0.05) is 12.5 Å². The van der Waals surface area contributed by atoms with E-state index in [1.807, 2.05) is 18.2 Å². The summed E-state index contributed by atoms with van der Waals surface area (Å²) in [6, 6.07) is 15.2. The van der Waals surface area contributed by atoms with Crippen LogP contribution >= 0.6 is 0 Å². The molecule has 1 amide bonds. The second-order valence-electron chi connectivity index (χ2n) is 5.86. The van der Waals surface area contributed by atoms with Gasteiger partial charge in [-0.3, -0.25) is 4.79 Å². The number of fused-ring (bicyclic) bond motifs is 1. The third-order valence-corrected chi connectivity index (χ3v) is 4.31. The number of aromatic amines is 1. The minimum absolute atomic E-state index is 0.0474. The van der Waals surface area contributed by atoms with Crippen LogP contribution in [0.2, 0.25) is 0 Å². The molecule has 0 aliphatic carbocycles. The minimum Gasteiger partial charge on any atom is -0.384 e. The number of nitrogen functional groups attached to an aromatic ring is 1. The molecule has 2 aromatic heterocycles. The first-order valence-corrected chi connectivity index (χ1v) is 7.81. The molecule has 1 aliphatic rings. The number of carbonyl (C=O) groups excluding carboxylic acids is 1. The van der Waals surface area contributed by atoms with Gasteiger partial charge in [0.15, 0.2) is 0 Å². The number of rotatable bonds is 2. The zero-order chi connectivity index (χ0) is 16.5. The molecule has 1 aromatic carbocycles. The summed E-state index contributed by atoms with van der Waals surface area (Å²) in [5, 5.41) is 0. The molecule has 24 heavy (non-hydrogen) atoms. The number of nitrogens with one attached hydrogen (secondary N) is 1. The van der Waals surface area contributed by atoms with Gasteiger partial charge in [0.05, 0.1) is 24.3 Å². The van der Waals surface area contributed by atoms with Crippen LogP contribution in [0.5, 0.6) is 0 Å². The topological polar surface area (TPSA) is 87.9 Å². The average Bonchev–Trinajstić information content (AvgIpc) is 3.09. The number of imidazole rings is 1. The van der Waals surface area contributed by atoms with E-state index in [1.54, 1.807) is 29.4 Å². The molecule has 1 unspecified atom stereocenters. The molecule has 1 atom stereocenters. The van der Waals surface area contributed by atoms with Crippen LogP contribution in [0.25, 0.3) is 0 Å². The molecule has 0 saturated carbocycles. The molecule has 1 aliphatic heterocycles. The number of carbonyl (C=O) groups is 1. The van der Waals surface area contributed by atoms with Gasteiger partial charge >= 0.3 is 0 Å². The van der Waals surface area contributed by atoms with Crippen molar-refractivity contribution < 1.29 is 4.79 Å². The molecule has 4 rings (SSSR count). The second-order valence-corrected chi connectivity index (χ2v) is 5.86. The predicted molar refractivity (Wildman–Crippen MR) is 90.3 cm³/mol. The molecule has 120 valence electrons. The summed E-state index contributed by atoms with van der Waals surface area (Å²) in [7, 11) is 0. The first kappa shape index (κ1) is 14.4. The number of H-pyrrole nitrogens is 1. The molecule has 6 heteroatoms. The van der Waals surface area contributed by atoms with Crippen LogP contribution in [-0.4, -0.2) is 32.3 Å². The van der Waals surface area contributed by atoms with Crippen molar-refractivity contribution in [3.05, 3.63) is 77.5 Å². The Morgan fingerprint density at radius 2 is 2.00 bits per heavy atom. The highest BCUT2D eigenvalue weighted by Gasteiger charge is 2.32. The Kier molecular flexibility index (Phi) is 3.49. The van der Waals surface area contributed by atoms with E-state index in [4.69, 9.17) is 5.73 Å². The number of hydrogen-bond donors (Lipinski definition) is 2. The van der Waals surface area contributed by atoms with Gasteiger partial charge in [0.25, 0.3) is 5.91 Å². The van der Waals surface area contributed by atoms with Gasteiger partial charge in [-0.25, -0.2) is 9.97 Å². The van der Waals surface area contributed by atoms with E-state index >= 15 is 0 Å². The van der Waals surface area contributed by atoms with Crippen molar-refractivity contribution in [3.8, 4) is 0 Å². The van der Waals surface area contributed by atoms with Crippen LogP contribution in [-0.2, 0) is 6.54 Å². The number of anilines is 1. The van der Waals surface area contributed by atoms with Crippen LogP contribution in [0, 0.1) is 0 Å². The normalized spacial score (nSPS) is 16.7. The zero-order valence-corrected chi connectivity index (χ0v) is 13.0. The summed E-state index contributed by atoms with van der Waals surface area (Å²) in [4.78, 5) is 26.4. The fourth-order valence-electron chi connectivity index (χ4n) is 3.16. The summed E-state index contributed by atoms with van der Waals surface area (Å²) in [6.45, 7) is 1.06. The number of pyridine rings is 1. The monoisotopic (exact) mass is 319 g/mol. The third kappa shape index (κ3) is 2.52. The predicted octanol–water partition coefficient (Wildman–Crippen LogP) is 2.17. The zero-order valence-electron chi connectivity index (χ0n) is 13.0. The number of benzene rings is 1. The number of amides is 1. The Morgan fingerprint density at radius 1 is 1.17 bits per heavy atom. The fraction of sp³-hybridized carbons (Fsp3) is 0.167. The first-order chi connectivity index (χ1) is 11.7. The summed E-state index contributed by atoms with van der Waals surface area (Å²) in [6.07, 6.45) is 1.69. The average molecular weight is 319 g/mol. The van der Waals surface area contributed by atoms with E-state index in [-0.39, 0.29) is 11.8 Å². The second kappa shape index (κ2) is 5.81. The number of aromatic nitrogens is 3. The molecule has 0 radical (unpaired) electrons. The van der Waals surface area contributed by atoms with Gasteiger partial charge in [-0.2, -0.15) is 0 Å². The SMILES string of the molecule is Nc1cccc(C(=O)N2Cc3[nH]cnc3C(c3ccccc3)C2)n1. The largest absolute Gasteiger partial charge is 0.384 e. The Labute approximate surface area is 139 Å². The summed E-state index contributed by atoms with van der Waals surface area (Å²) < 4.78 is 0.